The van der Waals surface area contributed by atoms with Crippen LogP contribution in [0.4, 0.5) is 0 Å². The van der Waals surface area contributed by atoms with Crippen LogP contribution in [0, 0.1) is 17.8 Å². The van der Waals surface area contributed by atoms with Crippen molar-refractivity contribution in [2.45, 2.75) is 57.2 Å². The molecule has 4 aliphatic carbocycles. The van der Waals surface area contributed by atoms with Crippen molar-refractivity contribution in [3.8, 4) is 0 Å². The maximum atomic E-state index is 13.2. The molecule has 0 saturated heterocycles. The normalized spacial score (nSPS) is 29.9. The van der Waals surface area contributed by atoms with Crippen LogP contribution in [0.2, 0.25) is 0 Å². The van der Waals surface area contributed by atoms with E-state index < -0.39 is 0 Å². The molecule has 152 valence electrons. The van der Waals surface area contributed by atoms with Gasteiger partial charge in [0.15, 0.2) is 0 Å². The van der Waals surface area contributed by atoms with Crippen LogP contribution in [0.1, 0.15) is 49.7 Å². The lowest BCUT2D eigenvalue weighted by Gasteiger charge is -2.57. The largest absolute Gasteiger partial charge is 0.350 e. The summed E-state index contributed by atoms with van der Waals surface area (Å²) in [4.78, 5) is 15.4. The predicted octanol–water partition coefficient (Wildman–Crippen LogP) is 4.77. The Hall–Kier alpha value is -2.13. The van der Waals surface area contributed by atoms with Gasteiger partial charge in [0.2, 0.25) is 5.91 Å². The fraction of sp³-hybridized carbons (Fsp3) is 0.500. The highest BCUT2D eigenvalue weighted by molar-refractivity contribution is 5.79. The van der Waals surface area contributed by atoms with Crippen molar-refractivity contribution in [2.75, 3.05) is 6.54 Å². The Labute approximate surface area is 174 Å². The smallest absolute Gasteiger partial charge is 0.234 e. The third-order valence-electron chi connectivity index (χ3n) is 7.31. The minimum Gasteiger partial charge on any atom is -0.350 e. The topological polar surface area (TPSA) is 32.3 Å². The highest BCUT2D eigenvalue weighted by Gasteiger charge is 2.51. The quantitative estimate of drug-likeness (QED) is 0.741. The van der Waals surface area contributed by atoms with Crippen molar-refractivity contribution >= 4 is 5.91 Å². The van der Waals surface area contributed by atoms with Gasteiger partial charge in [0.05, 0.1) is 6.54 Å². The number of carbonyl (C=O) groups excluding carboxylic acids is 1. The van der Waals surface area contributed by atoms with E-state index in [2.05, 4.69) is 58.7 Å². The van der Waals surface area contributed by atoms with E-state index in [0.717, 1.165) is 30.8 Å². The molecular weight excluding hydrogens is 356 g/mol. The summed E-state index contributed by atoms with van der Waals surface area (Å²) in [6.07, 6.45) is 7.85. The number of rotatable bonds is 7. The van der Waals surface area contributed by atoms with Crippen LogP contribution in [0.15, 0.2) is 60.7 Å². The second-order valence-electron chi connectivity index (χ2n) is 9.86. The third-order valence-corrected chi connectivity index (χ3v) is 7.31. The number of hydrogen-bond acceptors (Lipinski definition) is 2. The average Bonchev–Trinajstić information content (AvgIpc) is 2.68. The van der Waals surface area contributed by atoms with E-state index in [-0.39, 0.29) is 11.4 Å². The van der Waals surface area contributed by atoms with Crippen molar-refractivity contribution < 1.29 is 4.79 Å². The molecule has 1 N–H and O–H groups in total. The summed E-state index contributed by atoms with van der Waals surface area (Å²) in [7, 11) is 0. The van der Waals surface area contributed by atoms with E-state index in [1.54, 1.807) is 0 Å². The molecule has 6 rings (SSSR count). The lowest BCUT2D eigenvalue weighted by atomic mass is 9.53. The van der Waals surface area contributed by atoms with E-state index in [1.165, 1.54) is 49.7 Å². The fourth-order valence-electron chi connectivity index (χ4n) is 6.65. The van der Waals surface area contributed by atoms with Crippen molar-refractivity contribution in [1.82, 2.24) is 10.2 Å². The zero-order valence-electron chi connectivity index (χ0n) is 17.2. The van der Waals surface area contributed by atoms with Crippen LogP contribution in [0.5, 0.6) is 0 Å². The summed E-state index contributed by atoms with van der Waals surface area (Å²) in [5.74, 6) is 2.77. The van der Waals surface area contributed by atoms with Gasteiger partial charge in [-0.05, 0) is 67.4 Å². The van der Waals surface area contributed by atoms with Gasteiger partial charge in [0.1, 0.15) is 0 Å². The molecule has 2 aromatic rings. The molecule has 0 radical (unpaired) electrons. The molecule has 2 aromatic carbocycles. The monoisotopic (exact) mass is 388 g/mol. The summed E-state index contributed by atoms with van der Waals surface area (Å²) in [6, 6.07) is 21.0. The van der Waals surface area contributed by atoms with E-state index >= 15 is 0 Å². The zero-order valence-corrected chi connectivity index (χ0v) is 17.2. The van der Waals surface area contributed by atoms with Crippen molar-refractivity contribution in [3.63, 3.8) is 0 Å². The number of nitrogens with zero attached hydrogens (tertiary/aromatic N) is 1. The number of hydrogen-bond donors (Lipinski definition) is 1. The molecule has 0 aromatic heterocycles. The molecule has 0 atom stereocenters. The zero-order chi connectivity index (χ0) is 19.7. The average molecular weight is 389 g/mol. The van der Waals surface area contributed by atoms with Gasteiger partial charge in [-0.1, -0.05) is 60.7 Å². The number of carbonyl (C=O) groups is 1. The van der Waals surface area contributed by atoms with Crippen LogP contribution in [0.25, 0.3) is 0 Å². The minimum atomic E-state index is 0.0942. The van der Waals surface area contributed by atoms with E-state index in [4.69, 9.17) is 0 Å². The Morgan fingerprint density at radius 3 is 1.69 bits per heavy atom. The Kier molecular flexibility index (Phi) is 5.17. The van der Waals surface area contributed by atoms with Gasteiger partial charge in [-0.25, -0.2) is 0 Å². The first-order valence-electron chi connectivity index (χ1n) is 11.3. The second kappa shape index (κ2) is 7.95. The summed E-state index contributed by atoms with van der Waals surface area (Å²) in [5, 5.41) is 3.55. The molecule has 3 nitrogen and oxygen atoms in total. The molecule has 0 heterocycles. The SMILES string of the molecule is O=C(CN(Cc1ccccc1)Cc1ccccc1)NC12CC3CC(CC(C3)C1)C2. The number of benzene rings is 2. The third kappa shape index (κ3) is 4.40. The Bertz CT molecular complexity index is 756. The molecule has 1 amide bonds. The van der Waals surface area contributed by atoms with Gasteiger partial charge in [0, 0.05) is 18.6 Å². The van der Waals surface area contributed by atoms with Gasteiger partial charge in [-0.15, -0.1) is 0 Å². The minimum absolute atomic E-state index is 0.0942. The Balaban J connectivity index is 1.27. The van der Waals surface area contributed by atoms with Gasteiger partial charge in [0.25, 0.3) is 0 Å². The fourth-order valence-corrected chi connectivity index (χ4v) is 6.65. The van der Waals surface area contributed by atoms with Gasteiger partial charge >= 0.3 is 0 Å². The van der Waals surface area contributed by atoms with E-state index in [1.807, 2.05) is 12.1 Å². The van der Waals surface area contributed by atoms with Crippen LogP contribution in [-0.4, -0.2) is 22.9 Å². The summed E-state index contributed by atoms with van der Waals surface area (Å²) >= 11 is 0. The molecule has 3 heteroatoms. The molecular formula is C26H32N2O. The molecule has 4 bridgehead atoms. The molecule has 29 heavy (non-hydrogen) atoms. The first-order chi connectivity index (χ1) is 14.2. The standard InChI is InChI=1S/C26H32N2O/c29-25(27-26-14-22-11-23(15-26)13-24(12-22)16-26)19-28(17-20-7-3-1-4-8-20)18-21-9-5-2-6-10-21/h1-10,22-24H,11-19H2,(H,27,29). The van der Waals surface area contributed by atoms with Gasteiger partial charge in [-0.2, -0.15) is 0 Å². The Morgan fingerprint density at radius 1 is 0.793 bits per heavy atom. The number of nitrogens with one attached hydrogen (secondary N) is 1. The maximum Gasteiger partial charge on any atom is 0.234 e. The van der Waals surface area contributed by atoms with Gasteiger partial charge < -0.3 is 5.32 Å². The second-order valence-corrected chi connectivity index (χ2v) is 9.86. The molecule has 4 fully saturated rings. The van der Waals surface area contributed by atoms with E-state index in [0.29, 0.717) is 6.54 Å². The lowest BCUT2D eigenvalue weighted by molar-refractivity contribution is -0.128. The summed E-state index contributed by atoms with van der Waals surface area (Å²) in [5.41, 5.74) is 2.61. The summed E-state index contributed by atoms with van der Waals surface area (Å²) in [6.45, 7) is 2.06. The van der Waals surface area contributed by atoms with Crippen molar-refractivity contribution in [3.05, 3.63) is 71.8 Å². The first kappa shape index (κ1) is 18.9. The van der Waals surface area contributed by atoms with Crippen LogP contribution < -0.4 is 5.32 Å². The molecule has 0 unspecified atom stereocenters. The highest BCUT2D eigenvalue weighted by atomic mass is 16.2. The van der Waals surface area contributed by atoms with Crippen molar-refractivity contribution in [1.29, 1.82) is 0 Å². The molecule has 0 aliphatic heterocycles. The lowest BCUT2D eigenvalue weighted by Crippen LogP contribution is -2.60. The van der Waals surface area contributed by atoms with Crippen LogP contribution in [-0.2, 0) is 17.9 Å². The van der Waals surface area contributed by atoms with Crippen LogP contribution >= 0.6 is 0 Å². The number of amides is 1. The Morgan fingerprint density at radius 2 is 1.24 bits per heavy atom. The first-order valence-corrected chi connectivity index (χ1v) is 11.3. The maximum absolute atomic E-state index is 13.2. The molecule has 4 aliphatic rings. The highest BCUT2D eigenvalue weighted by Crippen LogP contribution is 2.55. The predicted molar refractivity (Wildman–Crippen MR) is 116 cm³/mol. The summed E-state index contributed by atoms with van der Waals surface area (Å²) < 4.78 is 0. The van der Waals surface area contributed by atoms with Gasteiger partial charge in [-0.3, -0.25) is 9.69 Å². The van der Waals surface area contributed by atoms with E-state index in [9.17, 15) is 4.79 Å². The van der Waals surface area contributed by atoms with Crippen LogP contribution in [0.3, 0.4) is 0 Å². The molecule has 0 spiro atoms. The molecule has 4 saturated carbocycles. The van der Waals surface area contributed by atoms with Crippen molar-refractivity contribution in [2.24, 2.45) is 17.8 Å².